The summed E-state index contributed by atoms with van der Waals surface area (Å²) in [5.74, 6) is -0.160. The van der Waals surface area contributed by atoms with Crippen LogP contribution in [-0.4, -0.2) is 18.0 Å². The van der Waals surface area contributed by atoms with Crippen LogP contribution in [0.3, 0.4) is 0 Å². The third-order valence-electron chi connectivity index (χ3n) is 4.16. The molecule has 2 rings (SSSR count). The van der Waals surface area contributed by atoms with E-state index >= 15 is 0 Å². The molecule has 0 radical (unpaired) electrons. The standard InChI is InChI=1S/C19H20ClNO4/c1-25-19(22)12-16(14-6-3-2-4-7-14)9-5-8-15-10-11-17(21(23)24)13-18(15)20/h2-4,6-7,10-11,13,16H,5,8-9,12H2,1H3. The maximum absolute atomic E-state index is 11.7. The Hall–Kier alpha value is -2.40. The molecule has 132 valence electrons. The van der Waals surface area contributed by atoms with Crippen LogP contribution < -0.4 is 0 Å². The average molecular weight is 362 g/mol. The lowest BCUT2D eigenvalue weighted by Crippen LogP contribution is -2.09. The zero-order valence-corrected chi connectivity index (χ0v) is 14.7. The van der Waals surface area contributed by atoms with Crippen LogP contribution in [-0.2, 0) is 16.0 Å². The number of ether oxygens (including phenoxy) is 1. The van der Waals surface area contributed by atoms with Gasteiger partial charge in [0.1, 0.15) is 0 Å². The van der Waals surface area contributed by atoms with E-state index in [4.69, 9.17) is 16.3 Å². The normalized spacial score (nSPS) is 11.8. The lowest BCUT2D eigenvalue weighted by molar-refractivity contribution is -0.384. The SMILES string of the molecule is COC(=O)CC(CCCc1ccc([N+](=O)[O-])cc1Cl)c1ccccc1. The van der Waals surface area contributed by atoms with Crippen molar-refractivity contribution >= 4 is 23.3 Å². The topological polar surface area (TPSA) is 69.4 Å². The Bertz CT molecular complexity index is 733. The Kier molecular flexibility index (Phi) is 6.95. The van der Waals surface area contributed by atoms with E-state index < -0.39 is 4.92 Å². The van der Waals surface area contributed by atoms with Crippen LogP contribution >= 0.6 is 11.6 Å². The highest BCUT2D eigenvalue weighted by molar-refractivity contribution is 6.31. The molecule has 1 atom stereocenters. The molecule has 0 saturated carbocycles. The Morgan fingerprint density at radius 3 is 2.56 bits per heavy atom. The molecule has 0 bridgehead atoms. The fourth-order valence-electron chi connectivity index (χ4n) is 2.79. The van der Waals surface area contributed by atoms with Crippen LogP contribution in [0.5, 0.6) is 0 Å². The molecule has 0 heterocycles. The van der Waals surface area contributed by atoms with Crippen molar-refractivity contribution in [2.24, 2.45) is 0 Å². The summed E-state index contributed by atoms with van der Waals surface area (Å²) in [4.78, 5) is 22.0. The molecule has 0 fully saturated rings. The molecule has 0 aliphatic heterocycles. The molecule has 0 spiro atoms. The fraction of sp³-hybridized carbons (Fsp3) is 0.316. The van der Waals surface area contributed by atoms with Crippen molar-refractivity contribution in [2.75, 3.05) is 7.11 Å². The van der Waals surface area contributed by atoms with E-state index in [0.717, 1.165) is 24.0 Å². The summed E-state index contributed by atoms with van der Waals surface area (Å²) in [5.41, 5.74) is 1.96. The minimum Gasteiger partial charge on any atom is -0.469 e. The monoisotopic (exact) mass is 361 g/mol. The second-order valence-corrected chi connectivity index (χ2v) is 6.22. The van der Waals surface area contributed by atoms with Gasteiger partial charge in [0.15, 0.2) is 0 Å². The Morgan fingerprint density at radius 2 is 1.96 bits per heavy atom. The van der Waals surface area contributed by atoms with Crippen molar-refractivity contribution in [1.29, 1.82) is 0 Å². The summed E-state index contributed by atoms with van der Waals surface area (Å²) in [5, 5.41) is 11.2. The first-order valence-electron chi connectivity index (χ1n) is 8.06. The fourth-order valence-corrected chi connectivity index (χ4v) is 3.06. The van der Waals surface area contributed by atoms with E-state index in [1.807, 2.05) is 30.3 Å². The highest BCUT2D eigenvalue weighted by Gasteiger charge is 2.17. The number of nitro groups is 1. The number of carbonyl (C=O) groups is 1. The summed E-state index contributed by atoms with van der Waals surface area (Å²) in [7, 11) is 1.39. The van der Waals surface area contributed by atoms with Crippen molar-refractivity contribution in [3.8, 4) is 0 Å². The highest BCUT2D eigenvalue weighted by Crippen LogP contribution is 2.28. The second kappa shape index (κ2) is 9.18. The van der Waals surface area contributed by atoms with E-state index in [0.29, 0.717) is 17.9 Å². The predicted molar refractivity (Wildman–Crippen MR) is 96.9 cm³/mol. The number of benzene rings is 2. The van der Waals surface area contributed by atoms with Gasteiger partial charge in [-0.15, -0.1) is 0 Å². The minimum atomic E-state index is -0.461. The van der Waals surface area contributed by atoms with Gasteiger partial charge in [0.05, 0.1) is 23.5 Å². The number of hydrogen-bond acceptors (Lipinski definition) is 4. The van der Waals surface area contributed by atoms with Crippen molar-refractivity contribution < 1.29 is 14.5 Å². The van der Waals surface area contributed by atoms with Crippen LogP contribution in [0.25, 0.3) is 0 Å². The summed E-state index contributed by atoms with van der Waals surface area (Å²) in [6.45, 7) is 0. The first-order chi connectivity index (χ1) is 12.0. The molecule has 2 aromatic carbocycles. The molecule has 1 unspecified atom stereocenters. The smallest absolute Gasteiger partial charge is 0.306 e. The van der Waals surface area contributed by atoms with Gasteiger partial charge in [-0.1, -0.05) is 48.0 Å². The van der Waals surface area contributed by atoms with Gasteiger partial charge in [0.2, 0.25) is 0 Å². The van der Waals surface area contributed by atoms with Gasteiger partial charge >= 0.3 is 5.97 Å². The maximum Gasteiger partial charge on any atom is 0.306 e. The molecule has 0 amide bonds. The summed E-state index contributed by atoms with van der Waals surface area (Å²) in [6, 6.07) is 14.4. The van der Waals surface area contributed by atoms with E-state index in [2.05, 4.69) is 0 Å². The number of esters is 1. The van der Waals surface area contributed by atoms with Crippen molar-refractivity contribution in [1.82, 2.24) is 0 Å². The lowest BCUT2D eigenvalue weighted by Gasteiger charge is -2.16. The van der Waals surface area contributed by atoms with Crippen LogP contribution in [0.15, 0.2) is 48.5 Å². The zero-order chi connectivity index (χ0) is 18.2. The molecular formula is C19H20ClNO4. The average Bonchev–Trinajstić information content (AvgIpc) is 2.62. The van der Waals surface area contributed by atoms with Crippen molar-refractivity contribution in [3.05, 3.63) is 74.8 Å². The summed E-state index contributed by atoms with van der Waals surface area (Å²) >= 11 is 6.13. The molecule has 0 aromatic heterocycles. The predicted octanol–water partition coefficient (Wildman–Crippen LogP) is 4.92. The van der Waals surface area contributed by atoms with Gasteiger partial charge in [0.25, 0.3) is 5.69 Å². The van der Waals surface area contributed by atoms with Gasteiger partial charge in [-0.3, -0.25) is 14.9 Å². The molecule has 0 aliphatic carbocycles. The summed E-state index contributed by atoms with van der Waals surface area (Å²) in [6.07, 6.45) is 2.64. The number of rotatable bonds is 8. The van der Waals surface area contributed by atoms with Crippen LogP contribution in [0.1, 0.15) is 36.3 Å². The number of nitrogens with zero attached hydrogens (tertiary/aromatic N) is 1. The molecule has 0 saturated heterocycles. The molecule has 2 aromatic rings. The third-order valence-corrected chi connectivity index (χ3v) is 4.51. The first kappa shape index (κ1) is 18.9. The Balaban J connectivity index is 2.01. The van der Waals surface area contributed by atoms with Gasteiger partial charge in [0, 0.05) is 12.1 Å². The quantitative estimate of drug-likeness (QED) is 0.380. The van der Waals surface area contributed by atoms with E-state index in [9.17, 15) is 14.9 Å². The molecule has 25 heavy (non-hydrogen) atoms. The van der Waals surface area contributed by atoms with Gasteiger partial charge in [-0.2, -0.15) is 0 Å². The number of methoxy groups -OCH3 is 1. The van der Waals surface area contributed by atoms with Crippen LogP contribution in [0.4, 0.5) is 5.69 Å². The number of non-ortho nitro benzene ring substituents is 1. The first-order valence-corrected chi connectivity index (χ1v) is 8.43. The maximum atomic E-state index is 11.7. The van der Waals surface area contributed by atoms with E-state index in [1.54, 1.807) is 6.07 Å². The molecular weight excluding hydrogens is 342 g/mol. The largest absolute Gasteiger partial charge is 0.469 e. The molecule has 0 N–H and O–H groups in total. The second-order valence-electron chi connectivity index (χ2n) is 5.81. The number of hydrogen-bond donors (Lipinski definition) is 0. The van der Waals surface area contributed by atoms with Crippen LogP contribution in [0.2, 0.25) is 5.02 Å². The van der Waals surface area contributed by atoms with Crippen molar-refractivity contribution in [2.45, 2.75) is 31.6 Å². The molecule has 0 aliphatic rings. The number of aryl methyl sites for hydroxylation is 1. The van der Waals surface area contributed by atoms with Crippen molar-refractivity contribution in [3.63, 3.8) is 0 Å². The minimum absolute atomic E-state index is 0.0124. The van der Waals surface area contributed by atoms with Gasteiger partial charge in [-0.25, -0.2) is 0 Å². The van der Waals surface area contributed by atoms with E-state index in [1.165, 1.54) is 19.2 Å². The zero-order valence-electron chi connectivity index (χ0n) is 14.0. The molecule has 5 nitrogen and oxygen atoms in total. The van der Waals surface area contributed by atoms with Crippen LogP contribution in [0, 0.1) is 10.1 Å². The van der Waals surface area contributed by atoms with Gasteiger partial charge < -0.3 is 4.74 Å². The number of nitro benzene ring substituents is 1. The Morgan fingerprint density at radius 1 is 1.24 bits per heavy atom. The highest BCUT2D eigenvalue weighted by atomic mass is 35.5. The third kappa shape index (κ3) is 5.57. The van der Waals surface area contributed by atoms with Gasteiger partial charge in [-0.05, 0) is 36.3 Å². The summed E-state index contributed by atoms with van der Waals surface area (Å²) < 4.78 is 4.80. The lowest BCUT2D eigenvalue weighted by atomic mass is 9.90. The number of halogens is 1. The Labute approximate surface area is 151 Å². The molecule has 6 heteroatoms. The number of carbonyl (C=O) groups excluding carboxylic acids is 1. The van der Waals surface area contributed by atoms with E-state index in [-0.39, 0.29) is 17.6 Å².